The highest BCUT2D eigenvalue weighted by Gasteiger charge is 2.10. The summed E-state index contributed by atoms with van der Waals surface area (Å²) in [4.78, 5) is 23.0. The van der Waals surface area contributed by atoms with Crippen molar-refractivity contribution in [1.82, 2.24) is 10.6 Å². The van der Waals surface area contributed by atoms with Gasteiger partial charge in [0, 0.05) is 16.5 Å². The number of hydrogen-bond donors (Lipinski definition) is 2. The summed E-state index contributed by atoms with van der Waals surface area (Å²) in [6.45, 7) is 2.30. The molecule has 0 aromatic heterocycles. The van der Waals surface area contributed by atoms with Crippen LogP contribution in [0.2, 0.25) is 0 Å². The zero-order valence-corrected chi connectivity index (χ0v) is 16.2. The first-order valence-electron chi connectivity index (χ1n) is 8.21. The molecule has 0 aliphatic carbocycles. The lowest BCUT2D eigenvalue weighted by Gasteiger charge is -2.12. The molecule has 1 rings (SSSR count). The van der Waals surface area contributed by atoms with E-state index < -0.39 is 0 Å². The van der Waals surface area contributed by atoms with Crippen LogP contribution in [-0.4, -0.2) is 31.3 Å². The Morgan fingerprint density at radius 2 is 1.83 bits per heavy atom. The largest absolute Gasteiger partial charge is 0.356 e. The Morgan fingerprint density at radius 3 is 2.43 bits per heavy atom. The van der Waals surface area contributed by atoms with Crippen LogP contribution in [0.25, 0.3) is 0 Å². The van der Waals surface area contributed by atoms with E-state index in [9.17, 15) is 9.59 Å². The topological polar surface area (TPSA) is 58.2 Å². The molecule has 5 heteroatoms. The molecule has 0 heterocycles. The van der Waals surface area contributed by atoms with Crippen LogP contribution >= 0.6 is 22.6 Å². The SMILES string of the molecule is CN[C@@H](CCCCNC(=O)CCCc1ccc(I)cc1)C(C)=O. The van der Waals surface area contributed by atoms with E-state index in [2.05, 4.69) is 57.5 Å². The Balaban J connectivity index is 2.06. The molecule has 1 atom stereocenters. The number of unbranched alkanes of at least 4 members (excludes halogenated alkanes) is 1. The highest BCUT2D eigenvalue weighted by molar-refractivity contribution is 14.1. The quantitative estimate of drug-likeness (QED) is 0.419. The molecular weight excluding hydrogens is 403 g/mol. The zero-order valence-electron chi connectivity index (χ0n) is 14.0. The third kappa shape index (κ3) is 9.05. The average Bonchev–Trinajstić information content (AvgIpc) is 2.52. The maximum absolute atomic E-state index is 11.8. The van der Waals surface area contributed by atoms with Crippen molar-refractivity contribution in [3.63, 3.8) is 0 Å². The summed E-state index contributed by atoms with van der Waals surface area (Å²) in [5.41, 5.74) is 1.28. The van der Waals surface area contributed by atoms with Gasteiger partial charge in [0.25, 0.3) is 0 Å². The number of halogens is 1. The fourth-order valence-electron chi connectivity index (χ4n) is 2.44. The molecule has 4 nitrogen and oxygen atoms in total. The van der Waals surface area contributed by atoms with Crippen molar-refractivity contribution < 1.29 is 9.59 Å². The van der Waals surface area contributed by atoms with E-state index >= 15 is 0 Å². The molecule has 0 spiro atoms. The van der Waals surface area contributed by atoms with Crippen molar-refractivity contribution in [2.75, 3.05) is 13.6 Å². The van der Waals surface area contributed by atoms with Gasteiger partial charge < -0.3 is 10.6 Å². The summed E-state index contributed by atoms with van der Waals surface area (Å²) in [6.07, 6.45) is 5.06. The van der Waals surface area contributed by atoms with Crippen LogP contribution in [0.15, 0.2) is 24.3 Å². The van der Waals surface area contributed by atoms with Gasteiger partial charge in [-0.3, -0.25) is 9.59 Å². The molecule has 0 fully saturated rings. The van der Waals surface area contributed by atoms with E-state index in [4.69, 9.17) is 0 Å². The van der Waals surface area contributed by atoms with Gasteiger partial charge in [-0.05, 0) is 86.4 Å². The monoisotopic (exact) mass is 430 g/mol. The van der Waals surface area contributed by atoms with E-state index in [1.54, 1.807) is 6.92 Å². The predicted octanol–water partition coefficient (Wildman–Crippen LogP) is 3.08. The van der Waals surface area contributed by atoms with E-state index in [-0.39, 0.29) is 17.7 Å². The van der Waals surface area contributed by atoms with Crippen LogP contribution < -0.4 is 10.6 Å². The van der Waals surface area contributed by atoms with E-state index in [0.717, 1.165) is 32.1 Å². The van der Waals surface area contributed by atoms with Crippen LogP contribution in [0.3, 0.4) is 0 Å². The van der Waals surface area contributed by atoms with Gasteiger partial charge in [0.05, 0.1) is 6.04 Å². The molecule has 128 valence electrons. The average molecular weight is 430 g/mol. The molecule has 1 amide bonds. The minimum atomic E-state index is -0.0559. The van der Waals surface area contributed by atoms with Gasteiger partial charge in [-0.15, -0.1) is 0 Å². The minimum absolute atomic E-state index is 0.0559. The maximum Gasteiger partial charge on any atom is 0.220 e. The Labute approximate surface area is 152 Å². The first-order chi connectivity index (χ1) is 11.0. The first-order valence-corrected chi connectivity index (χ1v) is 9.29. The van der Waals surface area contributed by atoms with Gasteiger partial charge >= 0.3 is 0 Å². The number of ketones is 1. The van der Waals surface area contributed by atoms with Crippen molar-refractivity contribution in [3.05, 3.63) is 33.4 Å². The summed E-state index contributed by atoms with van der Waals surface area (Å²) in [5, 5.41) is 5.96. The van der Waals surface area contributed by atoms with Crippen LogP contribution in [0.1, 0.15) is 44.6 Å². The second-order valence-electron chi connectivity index (χ2n) is 5.78. The smallest absolute Gasteiger partial charge is 0.220 e. The third-order valence-corrected chi connectivity index (χ3v) is 4.58. The Morgan fingerprint density at radius 1 is 1.13 bits per heavy atom. The molecule has 0 bridgehead atoms. The number of Topliss-reactive ketones (excluding diaryl/α,β-unsaturated/α-hetero) is 1. The molecule has 0 aliphatic rings. The van der Waals surface area contributed by atoms with E-state index in [1.165, 1.54) is 9.13 Å². The van der Waals surface area contributed by atoms with Gasteiger partial charge in [-0.25, -0.2) is 0 Å². The van der Waals surface area contributed by atoms with Gasteiger partial charge in [-0.1, -0.05) is 12.1 Å². The van der Waals surface area contributed by atoms with Gasteiger partial charge in [-0.2, -0.15) is 0 Å². The van der Waals surface area contributed by atoms with Gasteiger partial charge in [0.15, 0.2) is 0 Å². The molecule has 0 saturated heterocycles. The molecule has 0 aliphatic heterocycles. The summed E-state index contributed by atoms with van der Waals surface area (Å²) in [5.74, 6) is 0.291. The highest BCUT2D eigenvalue weighted by Crippen LogP contribution is 2.09. The molecular formula is C18H27IN2O2. The van der Waals surface area contributed by atoms with Crippen molar-refractivity contribution >= 4 is 34.3 Å². The number of rotatable bonds is 11. The Bertz CT molecular complexity index is 488. The van der Waals surface area contributed by atoms with Crippen LogP contribution in [0.4, 0.5) is 0 Å². The first kappa shape index (κ1) is 20.1. The number of nitrogens with one attached hydrogen (secondary N) is 2. The number of carbonyl (C=O) groups is 2. The molecule has 0 radical (unpaired) electrons. The second kappa shape index (κ2) is 11.6. The van der Waals surface area contributed by atoms with Crippen LogP contribution in [0, 0.1) is 3.57 Å². The molecule has 1 aromatic rings. The number of carbonyl (C=O) groups excluding carboxylic acids is 2. The third-order valence-electron chi connectivity index (χ3n) is 3.86. The lowest BCUT2D eigenvalue weighted by atomic mass is 10.1. The van der Waals surface area contributed by atoms with E-state index in [1.807, 2.05) is 7.05 Å². The Kier molecular flexibility index (Phi) is 10.1. The van der Waals surface area contributed by atoms with Crippen LogP contribution in [0.5, 0.6) is 0 Å². The van der Waals surface area contributed by atoms with Crippen LogP contribution in [-0.2, 0) is 16.0 Å². The minimum Gasteiger partial charge on any atom is -0.356 e. The lowest BCUT2D eigenvalue weighted by molar-refractivity contribution is -0.121. The number of likely N-dealkylation sites (N-methyl/N-ethyl adjacent to an activating group) is 1. The normalized spacial score (nSPS) is 12.0. The van der Waals surface area contributed by atoms with Crippen molar-refractivity contribution in [3.8, 4) is 0 Å². The predicted molar refractivity (Wildman–Crippen MR) is 102 cm³/mol. The highest BCUT2D eigenvalue weighted by atomic mass is 127. The van der Waals surface area contributed by atoms with E-state index in [0.29, 0.717) is 13.0 Å². The summed E-state index contributed by atoms with van der Waals surface area (Å²) >= 11 is 2.29. The molecule has 23 heavy (non-hydrogen) atoms. The molecule has 2 N–H and O–H groups in total. The number of benzene rings is 1. The second-order valence-corrected chi connectivity index (χ2v) is 7.02. The Hall–Kier alpha value is -0.950. The molecule has 0 unspecified atom stereocenters. The fraction of sp³-hybridized carbons (Fsp3) is 0.556. The number of amides is 1. The van der Waals surface area contributed by atoms with Crippen molar-refractivity contribution in [2.45, 2.75) is 51.5 Å². The summed E-state index contributed by atoms with van der Waals surface area (Å²) in [6, 6.07) is 8.37. The van der Waals surface area contributed by atoms with Crippen molar-refractivity contribution in [2.24, 2.45) is 0 Å². The van der Waals surface area contributed by atoms with Crippen molar-refractivity contribution in [1.29, 1.82) is 0 Å². The number of aryl methyl sites for hydroxylation is 1. The summed E-state index contributed by atoms with van der Waals surface area (Å²) < 4.78 is 1.23. The maximum atomic E-state index is 11.8. The summed E-state index contributed by atoms with van der Waals surface area (Å²) in [7, 11) is 1.81. The van der Waals surface area contributed by atoms with Gasteiger partial charge in [0.2, 0.25) is 5.91 Å². The fourth-order valence-corrected chi connectivity index (χ4v) is 2.80. The molecule has 0 saturated carbocycles. The lowest BCUT2D eigenvalue weighted by Crippen LogP contribution is -2.32. The standard InChI is InChI=1S/C18H27IN2O2/c1-14(22)17(20-2)7-3-4-13-21-18(23)8-5-6-15-9-11-16(19)12-10-15/h9-12,17,20H,3-8,13H2,1-2H3,(H,21,23)/t17-/m0/s1. The zero-order chi connectivity index (χ0) is 17.1. The number of hydrogen-bond acceptors (Lipinski definition) is 3. The molecule has 1 aromatic carbocycles. The van der Waals surface area contributed by atoms with Gasteiger partial charge in [0.1, 0.15) is 5.78 Å².